The molecule has 2 rings (SSSR count). The Bertz CT molecular complexity index is 558. The number of ether oxygens (including phenoxy) is 1. The van der Waals surface area contributed by atoms with Gasteiger partial charge in [0.15, 0.2) is 0 Å². The summed E-state index contributed by atoms with van der Waals surface area (Å²) in [6.45, 7) is 4.24. The number of unbranched alkanes of at least 4 members (excludes halogenated alkanes) is 1. The summed E-state index contributed by atoms with van der Waals surface area (Å²) >= 11 is 0. The zero-order valence-corrected chi connectivity index (χ0v) is 12.5. The third-order valence-electron chi connectivity index (χ3n) is 3.40. The molecule has 0 aliphatic heterocycles. The second-order valence-corrected chi connectivity index (χ2v) is 4.99. The molecule has 108 valence electrons. The van der Waals surface area contributed by atoms with E-state index in [9.17, 15) is 0 Å². The van der Waals surface area contributed by atoms with Gasteiger partial charge in [-0.1, -0.05) is 32.4 Å². The molecule has 0 saturated heterocycles. The van der Waals surface area contributed by atoms with Gasteiger partial charge in [0.2, 0.25) is 5.88 Å². The van der Waals surface area contributed by atoms with Gasteiger partial charge in [0, 0.05) is 7.05 Å². The molecule has 1 aromatic carbocycles. The van der Waals surface area contributed by atoms with Crippen LogP contribution in [0, 0.1) is 0 Å². The van der Waals surface area contributed by atoms with Crippen LogP contribution in [0.5, 0.6) is 11.6 Å². The molecule has 0 aliphatic carbocycles. The van der Waals surface area contributed by atoms with E-state index in [-0.39, 0.29) is 0 Å². The molecule has 0 radical (unpaired) electrons. The number of aryl methyl sites for hydroxylation is 3. The summed E-state index contributed by atoms with van der Waals surface area (Å²) in [6, 6.07) is 8.20. The summed E-state index contributed by atoms with van der Waals surface area (Å²) in [5.41, 5.74) is 8.90. The number of benzene rings is 1. The highest BCUT2D eigenvalue weighted by atomic mass is 16.5. The van der Waals surface area contributed by atoms with E-state index in [0.717, 1.165) is 24.3 Å². The van der Waals surface area contributed by atoms with Crippen LogP contribution in [-0.2, 0) is 19.9 Å². The van der Waals surface area contributed by atoms with Crippen LogP contribution < -0.4 is 10.5 Å². The third-order valence-corrected chi connectivity index (χ3v) is 3.40. The summed E-state index contributed by atoms with van der Waals surface area (Å²) in [7, 11) is 1.85. The highest BCUT2D eigenvalue weighted by Gasteiger charge is 2.13. The Balaban J connectivity index is 2.12. The number of rotatable bonds is 6. The lowest BCUT2D eigenvalue weighted by Gasteiger charge is -2.07. The maximum absolute atomic E-state index is 6.05. The smallest absolute Gasteiger partial charge is 0.241 e. The van der Waals surface area contributed by atoms with Crippen molar-refractivity contribution in [1.29, 1.82) is 0 Å². The van der Waals surface area contributed by atoms with Crippen molar-refractivity contribution in [3.63, 3.8) is 0 Å². The average Bonchev–Trinajstić information content (AvgIpc) is 2.74. The van der Waals surface area contributed by atoms with Crippen LogP contribution in [0.25, 0.3) is 0 Å². The van der Waals surface area contributed by atoms with Gasteiger partial charge in [-0.2, -0.15) is 5.10 Å². The molecule has 1 heterocycles. The molecular formula is C16H23N3O. The van der Waals surface area contributed by atoms with Crippen LogP contribution in [0.15, 0.2) is 24.3 Å². The van der Waals surface area contributed by atoms with E-state index >= 15 is 0 Å². The molecule has 0 unspecified atom stereocenters. The Morgan fingerprint density at radius 1 is 1.20 bits per heavy atom. The lowest BCUT2D eigenvalue weighted by molar-refractivity contribution is 0.432. The molecule has 0 amide bonds. The first-order valence-corrected chi connectivity index (χ1v) is 7.23. The first-order chi connectivity index (χ1) is 9.65. The predicted octanol–water partition coefficient (Wildman–Crippen LogP) is 3.70. The Kier molecular flexibility index (Phi) is 4.66. The third kappa shape index (κ3) is 3.13. The van der Waals surface area contributed by atoms with E-state index in [2.05, 4.69) is 24.2 Å². The molecule has 1 aromatic heterocycles. The van der Waals surface area contributed by atoms with E-state index in [4.69, 9.17) is 10.5 Å². The molecule has 0 fully saturated rings. The molecule has 4 nitrogen and oxygen atoms in total. The van der Waals surface area contributed by atoms with Crippen LogP contribution in [0.3, 0.4) is 0 Å². The van der Waals surface area contributed by atoms with Gasteiger partial charge in [0.25, 0.3) is 0 Å². The van der Waals surface area contributed by atoms with Gasteiger partial charge in [0.1, 0.15) is 11.4 Å². The number of hydrogen-bond acceptors (Lipinski definition) is 3. The fourth-order valence-corrected chi connectivity index (χ4v) is 2.18. The van der Waals surface area contributed by atoms with Crippen molar-refractivity contribution >= 4 is 5.69 Å². The molecular weight excluding hydrogens is 250 g/mol. The minimum absolute atomic E-state index is 0.614. The number of aromatic nitrogens is 2. The van der Waals surface area contributed by atoms with Crippen molar-refractivity contribution in [1.82, 2.24) is 9.78 Å². The van der Waals surface area contributed by atoms with Crippen LogP contribution >= 0.6 is 0 Å². The Labute approximate surface area is 120 Å². The highest BCUT2D eigenvalue weighted by molar-refractivity contribution is 5.54. The molecule has 2 N–H and O–H groups in total. The van der Waals surface area contributed by atoms with Crippen LogP contribution in [-0.4, -0.2) is 9.78 Å². The Morgan fingerprint density at radius 2 is 1.90 bits per heavy atom. The predicted molar refractivity (Wildman–Crippen MR) is 82.1 cm³/mol. The van der Waals surface area contributed by atoms with Gasteiger partial charge >= 0.3 is 0 Å². The minimum atomic E-state index is 0.614. The van der Waals surface area contributed by atoms with Gasteiger partial charge in [-0.3, -0.25) is 0 Å². The fourth-order valence-electron chi connectivity index (χ4n) is 2.18. The van der Waals surface area contributed by atoms with Crippen molar-refractivity contribution in [2.24, 2.45) is 7.05 Å². The summed E-state index contributed by atoms with van der Waals surface area (Å²) in [5.74, 6) is 1.41. The first-order valence-electron chi connectivity index (χ1n) is 7.23. The standard InChI is InChI=1S/C16H23N3O/c1-4-6-7-12-8-10-13(11-9-12)20-16-15(17)14(5-2)18-19(16)3/h8-11H,4-7,17H2,1-3H3. The van der Waals surface area contributed by atoms with Crippen LogP contribution in [0.4, 0.5) is 5.69 Å². The highest BCUT2D eigenvalue weighted by Crippen LogP contribution is 2.29. The van der Waals surface area contributed by atoms with Crippen molar-refractivity contribution in [2.75, 3.05) is 5.73 Å². The molecule has 0 atom stereocenters. The van der Waals surface area contributed by atoms with Crippen LogP contribution in [0.2, 0.25) is 0 Å². The zero-order chi connectivity index (χ0) is 14.5. The molecule has 0 spiro atoms. The van der Waals surface area contributed by atoms with E-state index in [0.29, 0.717) is 11.6 Å². The lowest BCUT2D eigenvalue weighted by Crippen LogP contribution is -1.97. The van der Waals surface area contributed by atoms with Gasteiger partial charge in [-0.25, -0.2) is 4.68 Å². The first kappa shape index (κ1) is 14.4. The Hall–Kier alpha value is -1.97. The monoisotopic (exact) mass is 273 g/mol. The maximum atomic E-state index is 6.05. The van der Waals surface area contributed by atoms with Crippen molar-refractivity contribution in [2.45, 2.75) is 39.5 Å². The largest absolute Gasteiger partial charge is 0.437 e. The molecule has 20 heavy (non-hydrogen) atoms. The summed E-state index contributed by atoms with van der Waals surface area (Å²) in [5, 5.41) is 4.35. The molecule has 4 heteroatoms. The number of nitrogens with two attached hydrogens (primary N) is 1. The van der Waals surface area contributed by atoms with E-state index in [1.807, 2.05) is 26.1 Å². The van der Waals surface area contributed by atoms with Gasteiger partial charge < -0.3 is 10.5 Å². The summed E-state index contributed by atoms with van der Waals surface area (Å²) in [4.78, 5) is 0. The van der Waals surface area contributed by atoms with Gasteiger partial charge in [-0.05, 0) is 37.0 Å². The molecule has 2 aromatic rings. The average molecular weight is 273 g/mol. The SMILES string of the molecule is CCCCc1ccc(Oc2c(N)c(CC)nn2C)cc1. The van der Waals surface area contributed by atoms with E-state index in [1.54, 1.807) is 4.68 Å². The number of anilines is 1. The number of hydrogen-bond donors (Lipinski definition) is 1. The fraction of sp³-hybridized carbons (Fsp3) is 0.438. The van der Waals surface area contributed by atoms with E-state index < -0.39 is 0 Å². The maximum Gasteiger partial charge on any atom is 0.241 e. The molecule has 0 saturated carbocycles. The lowest BCUT2D eigenvalue weighted by atomic mass is 10.1. The molecule has 0 aliphatic rings. The summed E-state index contributed by atoms with van der Waals surface area (Å²) < 4.78 is 7.55. The minimum Gasteiger partial charge on any atom is -0.437 e. The normalized spacial score (nSPS) is 10.8. The van der Waals surface area contributed by atoms with Crippen LogP contribution in [0.1, 0.15) is 37.9 Å². The van der Waals surface area contributed by atoms with Crippen molar-refractivity contribution < 1.29 is 4.74 Å². The number of nitrogens with zero attached hydrogens (tertiary/aromatic N) is 2. The van der Waals surface area contributed by atoms with Crippen molar-refractivity contribution in [3.05, 3.63) is 35.5 Å². The number of nitrogen functional groups attached to an aromatic ring is 1. The van der Waals surface area contributed by atoms with Gasteiger partial charge in [0.05, 0.1) is 5.69 Å². The quantitative estimate of drug-likeness (QED) is 0.873. The van der Waals surface area contributed by atoms with E-state index in [1.165, 1.54) is 18.4 Å². The van der Waals surface area contributed by atoms with Gasteiger partial charge in [-0.15, -0.1) is 0 Å². The molecule has 0 bridgehead atoms. The Morgan fingerprint density at radius 3 is 2.45 bits per heavy atom. The summed E-state index contributed by atoms with van der Waals surface area (Å²) in [6.07, 6.45) is 4.35. The van der Waals surface area contributed by atoms with Crippen molar-refractivity contribution in [3.8, 4) is 11.6 Å². The second kappa shape index (κ2) is 6.46. The zero-order valence-electron chi connectivity index (χ0n) is 12.5. The second-order valence-electron chi connectivity index (χ2n) is 4.99. The topological polar surface area (TPSA) is 53.1 Å².